The van der Waals surface area contributed by atoms with E-state index >= 15 is 0 Å². The summed E-state index contributed by atoms with van der Waals surface area (Å²) in [6.07, 6.45) is 1.75. The van der Waals surface area contributed by atoms with E-state index in [4.69, 9.17) is 14.5 Å². The summed E-state index contributed by atoms with van der Waals surface area (Å²) in [6, 6.07) is 14.9. The number of rotatable bonds is 6. The van der Waals surface area contributed by atoms with Gasteiger partial charge in [-0.3, -0.25) is 14.5 Å². The predicted octanol–water partition coefficient (Wildman–Crippen LogP) is 3.71. The minimum absolute atomic E-state index is 0.000990. The summed E-state index contributed by atoms with van der Waals surface area (Å²) in [5, 5.41) is 0. The van der Waals surface area contributed by atoms with Gasteiger partial charge >= 0.3 is 0 Å². The Hall–Kier alpha value is -3.72. The molecule has 0 saturated carbocycles. The third-order valence-corrected chi connectivity index (χ3v) is 6.65. The Bertz CT molecular complexity index is 1340. The van der Waals surface area contributed by atoms with E-state index in [1.54, 1.807) is 31.4 Å². The van der Waals surface area contributed by atoms with E-state index in [0.29, 0.717) is 28.7 Å². The fraction of sp³-hybridized carbons (Fsp3) is 0.240. The normalized spacial score (nSPS) is 15.4. The number of aromatic nitrogens is 1. The first-order valence-electron chi connectivity index (χ1n) is 10.9. The zero-order valence-corrected chi connectivity index (χ0v) is 19.9. The molecular weight excluding hydrogens is 452 g/mol. The van der Waals surface area contributed by atoms with Gasteiger partial charge in [0.05, 0.1) is 28.9 Å². The van der Waals surface area contributed by atoms with Gasteiger partial charge in [-0.15, -0.1) is 0 Å². The lowest BCUT2D eigenvalue weighted by atomic mass is 10.0. The Morgan fingerprint density at radius 1 is 1.15 bits per heavy atom. The number of benzene rings is 2. The van der Waals surface area contributed by atoms with Crippen LogP contribution in [0.4, 0.5) is 11.5 Å². The maximum Gasteiger partial charge on any atom is 0.264 e. The highest BCUT2D eigenvalue weighted by atomic mass is 32.2. The number of carbonyl (C=O) groups is 1. The van der Waals surface area contributed by atoms with Crippen LogP contribution in [0.3, 0.4) is 0 Å². The first kappa shape index (κ1) is 22.1. The molecule has 1 amide bonds. The molecule has 0 aliphatic carbocycles. The maximum atomic E-state index is 13.0. The van der Waals surface area contributed by atoms with Gasteiger partial charge in [0.1, 0.15) is 17.3 Å². The fourth-order valence-electron chi connectivity index (χ4n) is 3.91. The summed E-state index contributed by atoms with van der Waals surface area (Å²) in [7, 11) is 0.0834. The average Bonchev–Trinajstić information content (AvgIpc) is 3.24. The second kappa shape index (κ2) is 8.90. The summed E-state index contributed by atoms with van der Waals surface area (Å²) >= 11 is 0. The summed E-state index contributed by atoms with van der Waals surface area (Å²) in [6.45, 7) is 4.59. The lowest BCUT2D eigenvalue weighted by Gasteiger charge is -2.26. The van der Waals surface area contributed by atoms with Crippen molar-refractivity contribution < 1.29 is 18.5 Å². The number of pyridine rings is 1. The van der Waals surface area contributed by atoms with Gasteiger partial charge in [-0.2, -0.15) is 0 Å². The zero-order valence-electron chi connectivity index (χ0n) is 19.1. The van der Waals surface area contributed by atoms with Crippen molar-refractivity contribution in [2.75, 3.05) is 23.3 Å². The molecule has 3 aromatic rings. The average molecular weight is 477 g/mol. The molecule has 34 heavy (non-hydrogen) atoms. The molecule has 1 unspecified atom stereocenters. The Kier molecular flexibility index (Phi) is 5.79. The molecule has 9 heteroatoms. The fourth-order valence-corrected chi connectivity index (χ4v) is 4.74. The lowest BCUT2D eigenvalue weighted by molar-refractivity contribution is -0.120. The molecule has 0 spiro atoms. The topological polar surface area (TPSA) is 93.1 Å². The maximum absolute atomic E-state index is 13.0. The molecule has 1 atom stereocenters. The SMILES string of the molecule is CC(C)Oc1ccc2c(c1)C(c1ccnc(NS(=O)c3ccc4c(c3)N(C)C(=O)CO4)c1)=NC2. The van der Waals surface area contributed by atoms with E-state index in [-0.39, 0.29) is 18.6 Å². The van der Waals surface area contributed by atoms with Crippen LogP contribution < -0.4 is 19.1 Å². The first-order chi connectivity index (χ1) is 16.4. The highest BCUT2D eigenvalue weighted by Crippen LogP contribution is 2.33. The van der Waals surface area contributed by atoms with E-state index in [9.17, 15) is 9.00 Å². The number of aliphatic imine (C=N–C) groups is 1. The van der Waals surface area contributed by atoms with Crippen molar-refractivity contribution in [1.29, 1.82) is 0 Å². The molecule has 3 heterocycles. The predicted molar refractivity (Wildman–Crippen MR) is 131 cm³/mol. The molecule has 0 bridgehead atoms. The van der Waals surface area contributed by atoms with Gasteiger partial charge in [-0.25, -0.2) is 9.19 Å². The molecule has 2 aliphatic heterocycles. The van der Waals surface area contributed by atoms with Crippen LogP contribution in [0.2, 0.25) is 0 Å². The van der Waals surface area contributed by atoms with Crippen molar-refractivity contribution in [3.05, 3.63) is 71.4 Å². The van der Waals surface area contributed by atoms with E-state index < -0.39 is 11.0 Å². The third kappa shape index (κ3) is 4.26. The molecule has 174 valence electrons. The Balaban J connectivity index is 1.37. The number of nitrogens with zero attached hydrogens (tertiary/aromatic N) is 3. The number of hydrogen-bond donors (Lipinski definition) is 1. The molecule has 1 aromatic heterocycles. The standard InChI is InChI=1S/C25H24N4O4S/c1-15(2)33-18-5-4-17-13-27-25(20(17)11-18)16-8-9-26-23(10-16)28-34(31)19-6-7-22-21(12-19)29(3)24(30)14-32-22/h4-12,15H,13-14H2,1-3H3,(H,26,28). The molecule has 0 fully saturated rings. The Labute approximate surface area is 200 Å². The number of carbonyl (C=O) groups excluding carboxylic acids is 1. The van der Waals surface area contributed by atoms with Crippen molar-refractivity contribution >= 4 is 34.1 Å². The van der Waals surface area contributed by atoms with Crippen molar-refractivity contribution in [1.82, 2.24) is 4.98 Å². The molecule has 8 nitrogen and oxygen atoms in total. The molecule has 5 rings (SSSR count). The number of hydrogen-bond acceptors (Lipinski definition) is 6. The summed E-state index contributed by atoms with van der Waals surface area (Å²) in [5.41, 5.74) is 4.47. The number of fused-ring (bicyclic) bond motifs is 2. The second-order valence-corrected chi connectivity index (χ2v) is 9.53. The molecule has 0 saturated heterocycles. The van der Waals surface area contributed by atoms with Crippen molar-refractivity contribution in [2.45, 2.75) is 31.4 Å². The van der Waals surface area contributed by atoms with Crippen LogP contribution in [-0.2, 0) is 22.3 Å². The number of nitrogens with one attached hydrogen (secondary N) is 1. The van der Waals surface area contributed by atoms with Crippen molar-refractivity contribution in [3.63, 3.8) is 0 Å². The highest BCUT2D eigenvalue weighted by molar-refractivity contribution is 7.86. The van der Waals surface area contributed by atoms with Gasteiger partial charge in [0.15, 0.2) is 17.6 Å². The summed E-state index contributed by atoms with van der Waals surface area (Å²) < 4.78 is 27.3. The number of anilines is 2. The van der Waals surface area contributed by atoms with Crippen LogP contribution in [0.5, 0.6) is 11.5 Å². The van der Waals surface area contributed by atoms with Gasteiger partial charge in [-0.05, 0) is 61.9 Å². The minimum atomic E-state index is -1.59. The summed E-state index contributed by atoms with van der Waals surface area (Å²) in [4.78, 5) is 23.0. The van der Waals surface area contributed by atoms with Crippen LogP contribution in [0.1, 0.15) is 30.5 Å². The summed E-state index contributed by atoms with van der Waals surface area (Å²) in [5.74, 6) is 1.69. The highest BCUT2D eigenvalue weighted by Gasteiger charge is 2.24. The van der Waals surface area contributed by atoms with Gasteiger partial charge in [0.25, 0.3) is 5.91 Å². The van der Waals surface area contributed by atoms with E-state index in [0.717, 1.165) is 28.2 Å². The van der Waals surface area contributed by atoms with Gasteiger partial charge in [0, 0.05) is 24.4 Å². The van der Waals surface area contributed by atoms with Gasteiger partial charge in [0.2, 0.25) is 0 Å². The van der Waals surface area contributed by atoms with Crippen LogP contribution in [0.25, 0.3) is 0 Å². The quantitative estimate of drug-likeness (QED) is 0.586. The lowest BCUT2D eigenvalue weighted by Crippen LogP contribution is -2.35. The van der Waals surface area contributed by atoms with Crippen molar-refractivity contribution in [3.8, 4) is 11.5 Å². The van der Waals surface area contributed by atoms with Gasteiger partial charge < -0.3 is 14.4 Å². The molecule has 0 radical (unpaired) electrons. The molecular formula is C25H24N4O4S. The first-order valence-corrected chi connectivity index (χ1v) is 12.1. The zero-order chi connectivity index (χ0) is 23.8. The van der Waals surface area contributed by atoms with Gasteiger partial charge in [-0.1, -0.05) is 6.07 Å². The number of amides is 1. The molecule has 1 N–H and O–H groups in total. The number of ether oxygens (including phenoxy) is 2. The monoisotopic (exact) mass is 476 g/mol. The van der Waals surface area contributed by atoms with Crippen LogP contribution >= 0.6 is 0 Å². The van der Waals surface area contributed by atoms with E-state index in [2.05, 4.69) is 9.71 Å². The van der Waals surface area contributed by atoms with E-state index in [1.807, 2.05) is 44.2 Å². The number of likely N-dealkylation sites (N-methyl/N-ethyl adjacent to an activating group) is 1. The van der Waals surface area contributed by atoms with Crippen LogP contribution in [0, 0.1) is 0 Å². The second-order valence-electron chi connectivity index (χ2n) is 8.32. The molecule has 2 aliphatic rings. The van der Waals surface area contributed by atoms with Crippen molar-refractivity contribution in [2.24, 2.45) is 4.99 Å². The Morgan fingerprint density at radius 2 is 2.00 bits per heavy atom. The third-order valence-electron chi connectivity index (χ3n) is 5.58. The minimum Gasteiger partial charge on any atom is -0.491 e. The Morgan fingerprint density at radius 3 is 2.82 bits per heavy atom. The smallest absolute Gasteiger partial charge is 0.264 e. The van der Waals surface area contributed by atoms with Crippen LogP contribution in [0.15, 0.2) is 64.6 Å². The largest absolute Gasteiger partial charge is 0.491 e. The molecule has 2 aromatic carbocycles. The van der Waals surface area contributed by atoms with Crippen LogP contribution in [-0.4, -0.2) is 40.6 Å². The van der Waals surface area contributed by atoms with E-state index in [1.165, 1.54) is 4.90 Å².